The van der Waals surface area contributed by atoms with Crippen LogP contribution < -0.4 is 0 Å². The van der Waals surface area contributed by atoms with E-state index in [4.69, 9.17) is 0 Å². The topological polar surface area (TPSA) is 0 Å². The van der Waals surface area contributed by atoms with Gasteiger partial charge in [-0.1, -0.05) is 39.7 Å². The first kappa shape index (κ1) is 9.74. The lowest BCUT2D eigenvalue weighted by atomic mass is 9.99. The smallest absolute Gasteiger partial charge is 0.0210 e. The van der Waals surface area contributed by atoms with E-state index in [0.29, 0.717) is 0 Å². The lowest BCUT2D eigenvalue weighted by Crippen LogP contribution is -1.97. The van der Waals surface area contributed by atoms with Gasteiger partial charge in [-0.05, 0) is 18.3 Å². The molecule has 0 heterocycles. The van der Waals surface area contributed by atoms with Gasteiger partial charge in [0.05, 0.1) is 0 Å². The van der Waals surface area contributed by atoms with Crippen molar-refractivity contribution in [3.05, 3.63) is 12.7 Å². The predicted molar refractivity (Wildman–Crippen MR) is 48.1 cm³/mol. The van der Waals surface area contributed by atoms with Crippen LogP contribution in [0, 0.1) is 11.8 Å². The van der Waals surface area contributed by atoms with E-state index in [9.17, 15) is 0 Å². The monoisotopic (exact) mass is 140 g/mol. The summed E-state index contributed by atoms with van der Waals surface area (Å²) >= 11 is 0. The minimum absolute atomic E-state index is 0.829. The Balaban J connectivity index is 0.000000371. The lowest BCUT2D eigenvalue weighted by Gasteiger charge is -2.06. The summed E-state index contributed by atoms with van der Waals surface area (Å²) in [6.07, 6.45) is 6.32. The first-order valence-corrected chi connectivity index (χ1v) is 4.47. The van der Waals surface area contributed by atoms with Gasteiger partial charge < -0.3 is 0 Å². The summed E-state index contributed by atoms with van der Waals surface area (Å²) in [4.78, 5) is 0. The zero-order valence-electron chi connectivity index (χ0n) is 7.56. The fourth-order valence-electron chi connectivity index (χ4n) is 1.52. The molecule has 0 radical (unpaired) electrons. The largest absolute Gasteiger partial charge is 0.103 e. The van der Waals surface area contributed by atoms with Gasteiger partial charge in [-0.3, -0.25) is 0 Å². The van der Waals surface area contributed by atoms with Gasteiger partial charge in [0.25, 0.3) is 0 Å². The van der Waals surface area contributed by atoms with Gasteiger partial charge in [-0.25, -0.2) is 0 Å². The van der Waals surface area contributed by atoms with E-state index < -0.39 is 0 Å². The summed E-state index contributed by atoms with van der Waals surface area (Å²) in [5.41, 5.74) is 0. The summed E-state index contributed by atoms with van der Waals surface area (Å²) in [6.45, 7) is 10.1. The van der Waals surface area contributed by atoms with Crippen LogP contribution >= 0.6 is 0 Å². The molecule has 1 aliphatic carbocycles. The SMILES string of the molecule is C=CC1CCCC1C.CC. The molecule has 1 fully saturated rings. The number of hydrogen-bond acceptors (Lipinski definition) is 0. The Morgan fingerprint density at radius 1 is 1.30 bits per heavy atom. The second-order valence-corrected chi connectivity index (χ2v) is 2.81. The molecule has 0 heteroatoms. The molecule has 0 N–H and O–H groups in total. The van der Waals surface area contributed by atoms with Crippen molar-refractivity contribution in [3.8, 4) is 0 Å². The van der Waals surface area contributed by atoms with Crippen molar-refractivity contribution in [1.29, 1.82) is 0 Å². The zero-order valence-corrected chi connectivity index (χ0v) is 7.56. The molecule has 0 saturated heterocycles. The molecule has 0 bridgehead atoms. The van der Waals surface area contributed by atoms with Gasteiger partial charge in [-0.2, -0.15) is 0 Å². The Kier molecular flexibility index (Phi) is 5.38. The van der Waals surface area contributed by atoms with E-state index in [1.54, 1.807) is 0 Å². The van der Waals surface area contributed by atoms with Crippen molar-refractivity contribution in [1.82, 2.24) is 0 Å². The summed E-state index contributed by atoms with van der Waals surface area (Å²) in [5.74, 6) is 1.74. The Hall–Kier alpha value is -0.260. The molecule has 2 unspecified atom stereocenters. The average molecular weight is 140 g/mol. The van der Waals surface area contributed by atoms with Crippen molar-refractivity contribution < 1.29 is 0 Å². The second-order valence-electron chi connectivity index (χ2n) is 2.81. The van der Waals surface area contributed by atoms with Gasteiger partial charge in [0, 0.05) is 0 Å². The average Bonchev–Trinajstić information content (AvgIpc) is 2.39. The van der Waals surface area contributed by atoms with Crippen LogP contribution in [-0.2, 0) is 0 Å². The number of allylic oxidation sites excluding steroid dienone is 1. The highest BCUT2D eigenvalue weighted by Crippen LogP contribution is 2.31. The third kappa shape index (κ3) is 2.55. The standard InChI is InChI=1S/C8H14.C2H6/c1-3-8-6-4-5-7(8)2;1-2/h3,7-8H,1,4-6H2,2H3;1-2H3. The molecule has 2 atom stereocenters. The molecule has 0 aromatic carbocycles. The molecule has 0 aromatic heterocycles. The minimum Gasteiger partial charge on any atom is -0.103 e. The van der Waals surface area contributed by atoms with Crippen LogP contribution in [0.3, 0.4) is 0 Å². The van der Waals surface area contributed by atoms with Crippen molar-refractivity contribution in [2.75, 3.05) is 0 Å². The van der Waals surface area contributed by atoms with E-state index in [0.717, 1.165) is 11.8 Å². The summed E-state index contributed by atoms with van der Waals surface area (Å²) < 4.78 is 0. The maximum absolute atomic E-state index is 3.79. The Labute approximate surface area is 65.3 Å². The quantitative estimate of drug-likeness (QED) is 0.488. The van der Waals surface area contributed by atoms with Crippen molar-refractivity contribution >= 4 is 0 Å². The molecule has 1 saturated carbocycles. The van der Waals surface area contributed by atoms with Gasteiger partial charge in [0.2, 0.25) is 0 Å². The maximum Gasteiger partial charge on any atom is -0.0210 e. The molecule has 0 nitrogen and oxygen atoms in total. The van der Waals surface area contributed by atoms with Gasteiger partial charge >= 0.3 is 0 Å². The normalized spacial score (nSPS) is 30.7. The second kappa shape index (κ2) is 5.52. The van der Waals surface area contributed by atoms with Crippen LogP contribution in [0.5, 0.6) is 0 Å². The van der Waals surface area contributed by atoms with Crippen LogP contribution in [-0.4, -0.2) is 0 Å². The Morgan fingerprint density at radius 3 is 2.10 bits per heavy atom. The summed E-state index contributed by atoms with van der Waals surface area (Å²) in [7, 11) is 0. The van der Waals surface area contributed by atoms with E-state index in [1.807, 2.05) is 13.8 Å². The van der Waals surface area contributed by atoms with Crippen molar-refractivity contribution in [2.45, 2.75) is 40.0 Å². The highest BCUT2D eigenvalue weighted by atomic mass is 14.2. The molecule has 10 heavy (non-hydrogen) atoms. The van der Waals surface area contributed by atoms with Crippen LogP contribution in [0.15, 0.2) is 12.7 Å². The Morgan fingerprint density at radius 2 is 1.90 bits per heavy atom. The van der Waals surface area contributed by atoms with Crippen molar-refractivity contribution in [2.24, 2.45) is 11.8 Å². The predicted octanol–water partition coefficient (Wildman–Crippen LogP) is 3.63. The maximum atomic E-state index is 3.79. The van der Waals surface area contributed by atoms with E-state index in [1.165, 1.54) is 19.3 Å². The van der Waals surface area contributed by atoms with Crippen LogP contribution in [0.4, 0.5) is 0 Å². The highest BCUT2D eigenvalue weighted by Gasteiger charge is 2.19. The molecule has 1 aliphatic rings. The number of rotatable bonds is 1. The first-order valence-electron chi connectivity index (χ1n) is 4.47. The highest BCUT2D eigenvalue weighted by molar-refractivity contribution is 4.86. The minimum atomic E-state index is 0.829. The van der Waals surface area contributed by atoms with E-state index in [-0.39, 0.29) is 0 Å². The molecule has 0 aliphatic heterocycles. The van der Waals surface area contributed by atoms with Gasteiger partial charge in [0.15, 0.2) is 0 Å². The molecule has 1 rings (SSSR count). The molecular formula is C10H20. The van der Waals surface area contributed by atoms with E-state index >= 15 is 0 Å². The van der Waals surface area contributed by atoms with Crippen LogP contribution in [0.1, 0.15) is 40.0 Å². The molecule has 60 valence electrons. The molecule has 0 aromatic rings. The number of hydrogen-bond donors (Lipinski definition) is 0. The van der Waals surface area contributed by atoms with E-state index in [2.05, 4.69) is 19.6 Å². The fourth-order valence-corrected chi connectivity index (χ4v) is 1.52. The molecular weight excluding hydrogens is 120 g/mol. The molecule has 0 spiro atoms. The first-order chi connectivity index (χ1) is 4.84. The third-order valence-electron chi connectivity index (χ3n) is 2.23. The molecule has 0 amide bonds. The summed E-state index contributed by atoms with van der Waals surface area (Å²) in [5, 5.41) is 0. The lowest BCUT2D eigenvalue weighted by molar-refractivity contribution is 0.504. The Bertz CT molecular complexity index is 84.0. The van der Waals surface area contributed by atoms with Crippen molar-refractivity contribution in [3.63, 3.8) is 0 Å². The summed E-state index contributed by atoms with van der Waals surface area (Å²) in [6, 6.07) is 0. The van der Waals surface area contributed by atoms with Crippen LogP contribution in [0.2, 0.25) is 0 Å². The van der Waals surface area contributed by atoms with Gasteiger partial charge in [0.1, 0.15) is 0 Å². The zero-order chi connectivity index (χ0) is 7.98. The third-order valence-corrected chi connectivity index (χ3v) is 2.23. The fraction of sp³-hybridized carbons (Fsp3) is 0.800. The van der Waals surface area contributed by atoms with Gasteiger partial charge in [-0.15, -0.1) is 6.58 Å². The van der Waals surface area contributed by atoms with Crippen LogP contribution in [0.25, 0.3) is 0 Å².